The molecule has 0 amide bonds. The Morgan fingerprint density at radius 2 is 1.10 bits per heavy atom. The lowest BCUT2D eigenvalue weighted by atomic mass is 9.81. The zero-order valence-electron chi connectivity index (χ0n) is 27.8. The molecule has 10 rings (SSSR count). The molecule has 0 saturated heterocycles. The molecular weight excluding hydrogens is 609 g/mol. The molecule has 0 unspecified atom stereocenters. The highest BCUT2D eigenvalue weighted by molar-refractivity contribution is 6.06. The number of furan rings is 1. The van der Waals surface area contributed by atoms with Gasteiger partial charge in [-0.25, -0.2) is 9.97 Å². The lowest BCUT2D eigenvalue weighted by molar-refractivity contribution is 0.661. The SMILES string of the molecule is CC1(C)c2cc3ccccc3cc2-c2c(-c3cccc(-c4cc(-c5ccc6oc7ccccc7c6c5)nc(-c5ccccc5)n4)c3)cccc21. The fourth-order valence-corrected chi connectivity index (χ4v) is 7.90. The molecule has 0 fully saturated rings. The number of hydrogen-bond acceptors (Lipinski definition) is 3. The van der Waals surface area contributed by atoms with Crippen molar-refractivity contribution in [3.05, 3.63) is 169 Å². The summed E-state index contributed by atoms with van der Waals surface area (Å²) in [5.74, 6) is 0.698. The smallest absolute Gasteiger partial charge is 0.160 e. The fraction of sp³-hybridized carbons (Fsp3) is 0.0638. The molecule has 0 atom stereocenters. The van der Waals surface area contributed by atoms with Crippen molar-refractivity contribution in [1.29, 1.82) is 0 Å². The first-order chi connectivity index (χ1) is 24.5. The molecule has 1 aliphatic rings. The molecule has 0 aliphatic heterocycles. The molecule has 2 heterocycles. The molecule has 1 aliphatic carbocycles. The summed E-state index contributed by atoms with van der Waals surface area (Å²) >= 11 is 0. The maximum Gasteiger partial charge on any atom is 0.160 e. The van der Waals surface area contributed by atoms with Gasteiger partial charge in [0.1, 0.15) is 11.2 Å². The number of aromatic nitrogens is 2. The number of nitrogens with zero attached hydrogens (tertiary/aromatic N) is 2. The predicted molar refractivity (Wildman–Crippen MR) is 206 cm³/mol. The van der Waals surface area contributed by atoms with E-state index in [4.69, 9.17) is 14.4 Å². The monoisotopic (exact) mass is 640 g/mol. The maximum absolute atomic E-state index is 6.14. The standard InChI is InChI=1S/C47H32N2O/c1-47(2)39-20-11-19-35(45(39)38-25-30-14-6-7-15-31(30)27-40(38)47)32-16-10-17-33(24-32)41-28-42(49-46(48-41)29-12-4-3-5-13-29)34-22-23-44-37(26-34)36-18-8-9-21-43(36)50-44/h3-28H,1-2H3. The number of fused-ring (bicyclic) bond motifs is 7. The third-order valence-electron chi connectivity index (χ3n) is 10.5. The van der Waals surface area contributed by atoms with Crippen LogP contribution in [0.15, 0.2) is 162 Å². The Kier molecular flexibility index (Phi) is 6.22. The van der Waals surface area contributed by atoms with Gasteiger partial charge in [-0.2, -0.15) is 0 Å². The number of hydrogen-bond donors (Lipinski definition) is 0. The second-order valence-electron chi connectivity index (χ2n) is 13.8. The van der Waals surface area contributed by atoms with Gasteiger partial charge in [-0.3, -0.25) is 0 Å². The Hall–Kier alpha value is -6.32. The molecule has 9 aromatic rings. The number of para-hydroxylation sites is 1. The zero-order valence-corrected chi connectivity index (χ0v) is 27.8. The van der Waals surface area contributed by atoms with Crippen LogP contribution in [0.4, 0.5) is 0 Å². The van der Waals surface area contributed by atoms with Crippen LogP contribution in [0.25, 0.3) is 88.9 Å². The van der Waals surface area contributed by atoms with E-state index in [1.807, 2.05) is 36.4 Å². The molecule has 0 saturated carbocycles. The first-order valence-corrected chi connectivity index (χ1v) is 17.2. The Bertz CT molecular complexity index is 2790. The van der Waals surface area contributed by atoms with Crippen molar-refractivity contribution in [2.45, 2.75) is 19.3 Å². The zero-order chi connectivity index (χ0) is 33.4. The van der Waals surface area contributed by atoms with Crippen molar-refractivity contribution in [3.8, 4) is 56.2 Å². The van der Waals surface area contributed by atoms with Crippen LogP contribution in [0, 0.1) is 0 Å². The maximum atomic E-state index is 6.14. The van der Waals surface area contributed by atoms with Crippen LogP contribution < -0.4 is 0 Å². The highest BCUT2D eigenvalue weighted by Crippen LogP contribution is 2.53. The minimum Gasteiger partial charge on any atom is -0.456 e. The van der Waals surface area contributed by atoms with Crippen LogP contribution >= 0.6 is 0 Å². The molecule has 0 N–H and O–H groups in total. The molecule has 236 valence electrons. The summed E-state index contributed by atoms with van der Waals surface area (Å²) in [6, 6.07) is 55.9. The van der Waals surface area contributed by atoms with Gasteiger partial charge in [0.25, 0.3) is 0 Å². The summed E-state index contributed by atoms with van der Waals surface area (Å²) in [6.45, 7) is 4.70. The van der Waals surface area contributed by atoms with Crippen LogP contribution in [0.3, 0.4) is 0 Å². The Morgan fingerprint density at radius 3 is 1.94 bits per heavy atom. The average molecular weight is 641 g/mol. The lowest BCUT2D eigenvalue weighted by Gasteiger charge is -2.22. The van der Waals surface area contributed by atoms with Crippen molar-refractivity contribution in [1.82, 2.24) is 9.97 Å². The van der Waals surface area contributed by atoms with E-state index in [-0.39, 0.29) is 5.41 Å². The Morgan fingerprint density at radius 1 is 0.440 bits per heavy atom. The highest BCUT2D eigenvalue weighted by atomic mass is 16.3. The normalized spacial score (nSPS) is 13.2. The van der Waals surface area contributed by atoms with Gasteiger partial charge in [0, 0.05) is 32.9 Å². The minimum atomic E-state index is -0.101. The van der Waals surface area contributed by atoms with Crippen molar-refractivity contribution in [2.75, 3.05) is 0 Å². The third kappa shape index (κ3) is 4.44. The second kappa shape index (κ2) is 10.8. The summed E-state index contributed by atoms with van der Waals surface area (Å²) in [6.07, 6.45) is 0. The molecule has 7 aromatic carbocycles. The predicted octanol–water partition coefficient (Wildman–Crippen LogP) is 12.5. The van der Waals surface area contributed by atoms with E-state index in [9.17, 15) is 0 Å². The fourth-order valence-electron chi connectivity index (χ4n) is 7.90. The average Bonchev–Trinajstić information content (AvgIpc) is 3.65. The van der Waals surface area contributed by atoms with Gasteiger partial charge in [0.15, 0.2) is 5.82 Å². The van der Waals surface area contributed by atoms with E-state index in [1.165, 1.54) is 44.2 Å². The summed E-state index contributed by atoms with van der Waals surface area (Å²) < 4.78 is 6.14. The first-order valence-electron chi connectivity index (χ1n) is 17.2. The minimum absolute atomic E-state index is 0.101. The molecule has 2 aromatic heterocycles. The van der Waals surface area contributed by atoms with E-state index in [2.05, 4.69) is 135 Å². The van der Waals surface area contributed by atoms with Gasteiger partial charge in [-0.05, 0) is 92.7 Å². The van der Waals surface area contributed by atoms with E-state index in [0.717, 1.165) is 50.0 Å². The summed E-state index contributed by atoms with van der Waals surface area (Å²) in [5, 5.41) is 4.73. The molecule has 0 radical (unpaired) electrons. The summed E-state index contributed by atoms with van der Waals surface area (Å²) in [5.41, 5.74) is 14.3. The largest absolute Gasteiger partial charge is 0.456 e. The molecule has 3 nitrogen and oxygen atoms in total. The van der Waals surface area contributed by atoms with Gasteiger partial charge in [-0.1, -0.05) is 123 Å². The van der Waals surface area contributed by atoms with Gasteiger partial charge < -0.3 is 4.42 Å². The third-order valence-corrected chi connectivity index (χ3v) is 10.5. The topological polar surface area (TPSA) is 38.9 Å². The molecule has 3 heteroatoms. The highest BCUT2D eigenvalue weighted by Gasteiger charge is 2.37. The van der Waals surface area contributed by atoms with Crippen molar-refractivity contribution in [2.24, 2.45) is 0 Å². The van der Waals surface area contributed by atoms with Crippen LogP contribution in [0.1, 0.15) is 25.0 Å². The first kappa shape index (κ1) is 28.7. The van der Waals surface area contributed by atoms with Crippen LogP contribution in [0.5, 0.6) is 0 Å². The summed E-state index contributed by atoms with van der Waals surface area (Å²) in [4.78, 5) is 10.3. The number of rotatable bonds is 4. The van der Waals surface area contributed by atoms with E-state index < -0.39 is 0 Å². The van der Waals surface area contributed by atoms with Gasteiger partial charge >= 0.3 is 0 Å². The second-order valence-corrected chi connectivity index (χ2v) is 13.8. The van der Waals surface area contributed by atoms with Gasteiger partial charge in [0.2, 0.25) is 0 Å². The summed E-state index contributed by atoms with van der Waals surface area (Å²) in [7, 11) is 0. The van der Waals surface area contributed by atoms with Crippen LogP contribution in [-0.2, 0) is 5.41 Å². The van der Waals surface area contributed by atoms with Crippen molar-refractivity contribution >= 4 is 32.7 Å². The van der Waals surface area contributed by atoms with E-state index in [0.29, 0.717) is 5.82 Å². The molecule has 0 bridgehead atoms. The Balaban J connectivity index is 1.14. The van der Waals surface area contributed by atoms with E-state index in [1.54, 1.807) is 0 Å². The van der Waals surface area contributed by atoms with Crippen LogP contribution in [0.2, 0.25) is 0 Å². The quantitative estimate of drug-likeness (QED) is 0.192. The lowest BCUT2D eigenvalue weighted by Crippen LogP contribution is -2.14. The molecule has 0 spiro atoms. The van der Waals surface area contributed by atoms with Crippen molar-refractivity contribution in [3.63, 3.8) is 0 Å². The van der Waals surface area contributed by atoms with Gasteiger partial charge in [0.05, 0.1) is 11.4 Å². The molecule has 50 heavy (non-hydrogen) atoms. The molecular formula is C47H32N2O. The Labute approximate surface area is 290 Å². The van der Waals surface area contributed by atoms with Crippen LogP contribution in [-0.4, -0.2) is 9.97 Å². The van der Waals surface area contributed by atoms with Gasteiger partial charge in [-0.15, -0.1) is 0 Å². The number of benzene rings is 7. The van der Waals surface area contributed by atoms with Crippen molar-refractivity contribution < 1.29 is 4.42 Å². The van der Waals surface area contributed by atoms with E-state index >= 15 is 0 Å².